The number of guanidine groups is 1. The van der Waals surface area contributed by atoms with Gasteiger partial charge < -0.3 is 11.1 Å². The van der Waals surface area contributed by atoms with E-state index in [0.717, 1.165) is 22.8 Å². The molecule has 0 aliphatic heterocycles. The number of halogens is 1. The van der Waals surface area contributed by atoms with E-state index in [1.54, 1.807) is 11.3 Å². The number of aliphatic imine (C=N–C) groups is 1. The Morgan fingerprint density at radius 2 is 2.09 bits per heavy atom. The highest BCUT2D eigenvalue weighted by Gasteiger charge is 2.13. The highest BCUT2D eigenvalue weighted by molar-refractivity contribution is 14.0. The van der Waals surface area contributed by atoms with E-state index < -0.39 is 0 Å². The molecule has 1 aliphatic carbocycles. The van der Waals surface area contributed by atoms with E-state index in [0.29, 0.717) is 12.5 Å². The Hall–Kier alpha value is -1.15. The maximum atomic E-state index is 6.05. The van der Waals surface area contributed by atoms with Crippen molar-refractivity contribution in [3.05, 3.63) is 44.9 Å². The van der Waals surface area contributed by atoms with Gasteiger partial charge in [0.1, 0.15) is 5.01 Å². The molecular formula is C17H23IN4S. The molecule has 0 saturated heterocycles. The molecular weight excluding hydrogens is 419 g/mol. The molecule has 0 unspecified atom stereocenters. The number of rotatable bonds is 3. The smallest absolute Gasteiger partial charge is 0.193 e. The van der Waals surface area contributed by atoms with Crippen molar-refractivity contribution in [2.24, 2.45) is 10.7 Å². The number of hydrogen-bond donors (Lipinski definition) is 2. The van der Waals surface area contributed by atoms with Gasteiger partial charge in [0.25, 0.3) is 0 Å². The van der Waals surface area contributed by atoms with E-state index >= 15 is 0 Å². The predicted molar refractivity (Wildman–Crippen MR) is 109 cm³/mol. The van der Waals surface area contributed by atoms with E-state index in [-0.39, 0.29) is 24.0 Å². The number of nitrogens with zero attached hydrogens (tertiary/aromatic N) is 2. The van der Waals surface area contributed by atoms with Gasteiger partial charge in [0, 0.05) is 10.6 Å². The second-order valence-corrected chi connectivity index (χ2v) is 7.01. The van der Waals surface area contributed by atoms with E-state index in [4.69, 9.17) is 5.73 Å². The standard InChI is InChI=1S/C17H22N4S.HI/c1-11-12(2)22-16(20-11)10-19-17(18)21-15-9-5-7-13-6-3-4-8-14(13)15;/h5,7,9H,3-4,6,8,10H2,1-2H3,(H3,18,19,21);1H. The summed E-state index contributed by atoms with van der Waals surface area (Å²) in [5, 5.41) is 4.28. The van der Waals surface area contributed by atoms with Crippen LogP contribution in [0.1, 0.15) is 39.5 Å². The van der Waals surface area contributed by atoms with Gasteiger partial charge in [-0.25, -0.2) is 9.98 Å². The van der Waals surface area contributed by atoms with Crippen molar-refractivity contribution in [1.29, 1.82) is 0 Å². The zero-order valence-corrected chi connectivity index (χ0v) is 16.7. The molecule has 1 heterocycles. The average molecular weight is 442 g/mol. The lowest BCUT2D eigenvalue weighted by Crippen LogP contribution is -2.24. The molecule has 124 valence electrons. The normalized spacial score (nSPS) is 14.1. The van der Waals surface area contributed by atoms with Crippen molar-refractivity contribution >= 4 is 47.0 Å². The van der Waals surface area contributed by atoms with Gasteiger partial charge in [0.05, 0.1) is 12.2 Å². The molecule has 0 spiro atoms. The van der Waals surface area contributed by atoms with Gasteiger partial charge in [0.15, 0.2) is 5.96 Å². The topological polar surface area (TPSA) is 63.3 Å². The number of aromatic nitrogens is 1. The van der Waals surface area contributed by atoms with Crippen LogP contribution >= 0.6 is 35.3 Å². The fourth-order valence-electron chi connectivity index (χ4n) is 2.84. The third-order valence-corrected chi connectivity index (χ3v) is 5.17. The van der Waals surface area contributed by atoms with Gasteiger partial charge >= 0.3 is 0 Å². The SMILES string of the molecule is Cc1nc(CN=C(N)Nc2cccc3c2CCCC3)sc1C.I. The number of nitrogens with one attached hydrogen (secondary N) is 1. The van der Waals surface area contributed by atoms with Gasteiger partial charge in [-0.2, -0.15) is 0 Å². The maximum absolute atomic E-state index is 6.05. The minimum absolute atomic E-state index is 0. The van der Waals surface area contributed by atoms with Gasteiger partial charge in [-0.05, 0) is 56.7 Å². The fraction of sp³-hybridized carbons (Fsp3) is 0.412. The second-order valence-electron chi connectivity index (χ2n) is 5.73. The van der Waals surface area contributed by atoms with Crippen LogP contribution in [0.15, 0.2) is 23.2 Å². The van der Waals surface area contributed by atoms with Crippen molar-refractivity contribution in [2.75, 3.05) is 5.32 Å². The number of thiazole rings is 1. The summed E-state index contributed by atoms with van der Waals surface area (Å²) < 4.78 is 0. The number of benzene rings is 1. The molecule has 0 atom stereocenters. The van der Waals surface area contributed by atoms with E-state index in [9.17, 15) is 0 Å². The summed E-state index contributed by atoms with van der Waals surface area (Å²) in [6.07, 6.45) is 4.82. The van der Waals surface area contributed by atoms with Crippen molar-refractivity contribution in [1.82, 2.24) is 4.98 Å². The van der Waals surface area contributed by atoms with Gasteiger partial charge in [-0.3, -0.25) is 0 Å². The maximum Gasteiger partial charge on any atom is 0.193 e. The first-order valence-corrected chi connectivity index (χ1v) is 8.56. The van der Waals surface area contributed by atoms with Crippen molar-refractivity contribution in [3.8, 4) is 0 Å². The summed E-state index contributed by atoms with van der Waals surface area (Å²) in [7, 11) is 0. The first kappa shape index (κ1) is 18.2. The van der Waals surface area contributed by atoms with E-state index in [1.165, 1.54) is 35.3 Å². The van der Waals surface area contributed by atoms with Crippen LogP contribution in [0.4, 0.5) is 5.69 Å². The van der Waals surface area contributed by atoms with Crippen LogP contribution in [-0.4, -0.2) is 10.9 Å². The largest absolute Gasteiger partial charge is 0.370 e. The molecule has 1 aliphatic rings. The van der Waals surface area contributed by atoms with Crippen molar-refractivity contribution in [2.45, 2.75) is 46.1 Å². The number of fused-ring (bicyclic) bond motifs is 1. The Balaban J connectivity index is 0.00000192. The molecule has 0 bridgehead atoms. The quantitative estimate of drug-likeness (QED) is 0.426. The highest BCUT2D eigenvalue weighted by atomic mass is 127. The summed E-state index contributed by atoms with van der Waals surface area (Å²) in [5.74, 6) is 0.462. The lowest BCUT2D eigenvalue weighted by Gasteiger charge is -2.19. The molecule has 0 radical (unpaired) electrons. The van der Waals surface area contributed by atoms with Gasteiger partial charge in [0.2, 0.25) is 0 Å². The third-order valence-electron chi connectivity index (χ3n) is 4.12. The molecule has 4 nitrogen and oxygen atoms in total. The molecule has 23 heavy (non-hydrogen) atoms. The monoisotopic (exact) mass is 442 g/mol. The number of nitrogens with two attached hydrogens (primary N) is 1. The first-order valence-electron chi connectivity index (χ1n) is 7.74. The van der Waals surface area contributed by atoms with Crippen LogP contribution in [0.25, 0.3) is 0 Å². The summed E-state index contributed by atoms with van der Waals surface area (Å²) in [4.78, 5) is 10.2. The molecule has 2 aromatic rings. The Kier molecular flexibility index (Phi) is 6.41. The summed E-state index contributed by atoms with van der Waals surface area (Å²) >= 11 is 1.68. The third kappa shape index (κ3) is 4.44. The van der Waals surface area contributed by atoms with Crippen LogP contribution in [0.2, 0.25) is 0 Å². The number of hydrogen-bond acceptors (Lipinski definition) is 3. The lowest BCUT2D eigenvalue weighted by atomic mass is 9.90. The van der Waals surface area contributed by atoms with Crippen LogP contribution in [-0.2, 0) is 19.4 Å². The van der Waals surface area contributed by atoms with Gasteiger partial charge in [-0.1, -0.05) is 12.1 Å². The molecule has 3 rings (SSSR count). The molecule has 1 aromatic heterocycles. The molecule has 0 fully saturated rings. The van der Waals surface area contributed by atoms with Crippen molar-refractivity contribution < 1.29 is 0 Å². The van der Waals surface area contributed by atoms with Crippen LogP contribution in [0.3, 0.4) is 0 Å². The molecule has 6 heteroatoms. The Morgan fingerprint density at radius 1 is 1.30 bits per heavy atom. The summed E-state index contributed by atoms with van der Waals surface area (Å²) in [5.41, 5.74) is 11.1. The highest BCUT2D eigenvalue weighted by Crippen LogP contribution is 2.27. The van der Waals surface area contributed by atoms with E-state index in [2.05, 4.69) is 40.4 Å². The zero-order chi connectivity index (χ0) is 15.5. The van der Waals surface area contributed by atoms with Crippen LogP contribution in [0, 0.1) is 13.8 Å². The lowest BCUT2D eigenvalue weighted by molar-refractivity contribution is 0.687. The molecule has 3 N–H and O–H groups in total. The summed E-state index contributed by atoms with van der Waals surface area (Å²) in [6.45, 7) is 4.64. The van der Waals surface area contributed by atoms with Gasteiger partial charge in [-0.15, -0.1) is 35.3 Å². The molecule has 1 aromatic carbocycles. The Morgan fingerprint density at radius 3 is 2.83 bits per heavy atom. The van der Waals surface area contributed by atoms with Crippen LogP contribution in [0.5, 0.6) is 0 Å². The minimum Gasteiger partial charge on any atom is -0.370 e. The second kappa shape index (κ2) is 8.10. The zero-order valence-electron chi connectivity index (χ0n) is 13.6. The van der Waals surface area contributed by atoms with Crippen molar-refractivity contribution in [3.63, 3.8) is 0 Å². The predicted octanol–water partition coefficient (Wildman–Crippen LogP) is 4.18. The number of aryl methyl sites for hydroxylation is 3. The first-order chi connectivity index (χ1) is 10.6. The Labute approximate surface area is 158 Å². The molecule has 0 amide bonds. The average Bonchev–Trinajstić information content (AvgIpc) is 2.84. The van der Waals surface area contributed by atoms with Crippen LogP contribution < -0.4 is 11.1 Å². The molecule has 0 saturated carbocycles. The Bertz CT molecular complexity index is 689. The minimum atomic E-state index is 0. The van der Waals surface area contributed by atoms with E-state index in [1.807, 2.05) is 6.92 Å². The fourth-order valence-corrected chi connectivity index (χ4v) is 3.69. The summed E-state index contributed by atoms with van der Waals surface area (Å²) in [6, 6.07) is 6.39. The number of anilines is 1.